The van der Waals surface area contributed by atoms with Crippen LogP contribution < -0.4 is 16.1 Å². The minimum absolute atomic E-state index is 0.696. The molecule has 0 radical (unpaired) electrons. The summed E-state index contributed by atoms with van der Waals surface area (Å²) >= 11 is 0. The topological polar surface area (TPSA) is 26.0 Å². The lowest BCUT2D eigenvalue weighted by atomic mass is 10.2. The molecule has 2 aromatic rings. The Bertz CT molecular complexity index is 414. The molecule has 0 bridgehead atoms. The van der Waals surface area contributed by atoms with E-state index in [9.17, 15) is 0 Å². The molecule has 0 saturated heterocycles. The van der Waals surface area contributed by atoms with Crippen molar-refractivity contribution in [1.82, 2.24) is 0 Å². The number of rotatable bonds is 2. The van der Waals surface area contributed by atoms with E-state index in [0.29, 0.717) is 0 Å². The summed E-state index contributed by atoms with van der Waals surface area (Å²) in [5.41, 5.74) is 8.83. The third-order valence-corrected chi connectivity index (χ3v) is 4.33. The van der Waals surface area contributed by atoms with E-state index in [0.717, 1.165) is 0 Å². The summed E-state index contributed by atoms with van der Waals surface area (Å²) < 4.78 is 0. The van der Waals surface area contributed by atoms with E-state index in [1.54, 1.807) is 0 Å². The Hall–Kier alpha value is -1.17. The van der Waals surface area contributed by atoms with Gasteiger partial charge in [0.2, 0.25) is 0 Å². The number of aryl methyl sites for hydroxylation is 2. The first-order valence-electron chi connectivity index (χ1n) is 5.35. The standard InChI is InChI=1S/C14H16NP/c1-11-3-7-13(8-4-11)16(15)14-9-5-12(2)6-10-14/h3-10H,15H2,1-2H3. The third-order valence-electron chi connectivity index (χ3n) is 2.62. The van der Waals surface area contributed by atoms with Gasteiger partial charge < -0.3 is 5.50 Å². The van der Waals surface area contributed by atoms with Gasteiger partial charge in [-0.2, -0.15) is 0 Å². The first kappa shape index (κ1) is 11.3. The number of benzene rings is 2. The second-order valence-electron chi connectivity index (χ2n) is 4.04. The van der Waals surface area contributed by atoms with Crippen molar-refractivity contribution in [2.24, 2.45) is 5.50 Å². The van der Waals surface area contributed by atoms with Crippen LogP contribution in [0.1, 0.15) is 11.1 Å². The van der Waals surface area contributed by atoms with Crippen molar-refractivity contribution < 1.29 is 0 Å². The van der Waals surface area contributed by atoms with Crippen molar-refractivity contribution in [2.75, 3.05) is 0 Å². The Morgan fingerprint density at radius 1 is 0.688 bits per heavy atom. The van der Waals surface area contributed by atoms with Gasteiger partial charge in [0.25, 0.3) is 0 Å². The lowest BCUT2D eigenvalue weighted by molar-refractivity contribution is 1.48. The first-order chi connectivity index (χ1) is 7.66. The van der Waals surface area contributed by atoms with Crippen molar-refractivity contribution in [1.29, 1.82) is 0 Å². The molecule has 0 aliphatic heterocycles. The maximum Gasteiger partial charge on any atom is 0.0225 e. The van der Waals surface area contributed by atoms with Crippen LogP contribution in [0.3, 0.4) is 0 Å². The van der Waals surface area contributed by atoms with Gasteiger partial charge in [-0.25, -0.2) is 0 Å². The SMILES string of the molecule is Cc1ccc(P(N)c2ccc(C)cc2)cc1. The summed E-state index contributed by atoms with van der Waals surface area (Å²) in [5, 5.41) is 2.45. The van der Waals surface area contributed by atoms with Crippen LogP contribution in [0.25, 0.3) is 0 Å². The average Bonchev–Trinajstić information content (AvgIpc) is 2.30. The summed E-state index contributed by atoms with van der Waals surface area (Å²) in [5.74, 6) is 0. The number of hydrogen-bond donors (Lipinski definition) is 1. The summed E-state index contributed by atoms with van der Waals surface area (Å²) in [7, 11) is -0.696. The van der Waals surface area contributed by atoms with E-state index >= 15 is 0 Å². The highest BCUT2D eigenvalue weighted by atomic mass is 31.1. The maximum atomic E-state index is 6.28. The van der Waals surface area contributed by atoms with E-state index in [2.05, 4.69) is 62.4 Å². The zero-order valence-corrected chi connectivity index (χ0v) is 10.5. The highest BCUT2D eigenvalue weighted by Gasteiger charge is 2.07. The molecule has 16 heavy (non-hydrogen) atoms. The fourth-order valence-electron chi connectivity index (χ4n) is 1.56. The average molecular weight is 229 g/mol. The lowest BCUT2D eigenvalue weighted by Gasteiger charge is -2.12. The van der Waals surface area contributed by atoms with Gasteiger partial charge in [-0.05, 0) is 24.5 Å². The summed E-state index contributed by atoms with van der Waals surface area (Å²) in [4.78, 5) is 0. The van der Waals surface area contributed by atoms with Crippen LogP contribution >= 0.6 is 8.07 Å². The molecule has 0 fully saturated rings. The van der Waals surface area contributed by atoms with Crippen LogP contribution in [0.4, 0.5) is 0 Å². The normalized spacial score (nSPS) is 10.8. The maximum absolute atomic E-state index is 6.28. The third kappa shape index (κ3) is 2.49. The minimum atomic E-state index is -0.696. The first-order valence-corrected chi connectivity index (χ1v) is 6.76. The van der Waals surface area contributed by atoms with Crippen LogP contribution in [0.5, 0.6) is 0 Å². The number of hydrogen-bond acceptors (Lipinski definition) is 1. The van der Waals surface area contributed by atoms with Gasteiger partial charge in [-0.15, -0.1) is 0 Å². The van der Waals surface area contributed by atoms with Crippen molar-refractivity contribution in [3.63, 3.8) is 0 Å². The smallest absolute Gasteiger partial charge is 0.0225 e. The molecule has 0 saturated carbocycles. The van der Waals surface area contributed by atoms with E-state index in [1.165, 1.54) is 21.7 Å². The van der Waals surface area contributed by atoms with Gasteiger partial charge in [0.15, 0.2) is 0 Å². The largest absolute Gasteiger partial charge is 0.302 e. The van der Waals surface area contributed by atoms with E-state index in [1.807, 2.05) is 0 Å². The highest BCUT2D eigenvalue weighted by molar-refractivity contribution is 7.70. The second kappa shape index (κ2) is 4.78. The monoisotopic (exact) mass is 229 g/mol. The van der Waals surface area contributed by atoms with Crippen LogP contribution in [-0.4, -0.2) is 0 Å². The van der Waals surface area contributed by atoms with Gasteiger partial charge in [0.1, 0.15) is 0 Å². The minimum Gasteiger partial charge on any atom is -0.302 e. The zero-order valence-electron chi connectivity index (χ0n) is 9.64. The fraction of sp³-hybridized carbons (Fsp3) is 0.143. The molecule has 0 aliphatic carbocycles. The predicted octanol–water partition coefficient (Wildman–Crippen LogP) is 2.61. The molecule has 2 rings (SSSR count). The molecular formula is C14H16NP. The van der Waals surface area contributed by atoms with Gasteiger partial charge in [0, 0.05) is 8.07 Å². The molecule has 1 nitrogen and oxygen atoms in total. The van der Waals surface area contributed by atoms with E-state index in [-0.39, 0.29) is 0 Å². The van der Waals surface area contributed by atoms with Crippen LogP contribution in [-0.2, 0) is 0 Å². The van der Waals surface area contributed by atoms with E-state index in [4.69, 9.17) is 5.50 Å². The van der Waals surface area contributed by atoms with Crippen LogP contribution in [0.15, 0.2) is 48.5 Å². The molecule has 2 aromatic carbocycles. The van der Waals surface area contributed by atoms with Gasteiger partial charge in [-0.3, -0.25) is 0 Å². The van der Waals surface area contributed by atoms with Crippen LogP contribution in [0, 0.1) is 13.8 Å². The van der Waals surface area contributed by atoms with E-state index < -0.39 is 8.07 Å². The van der Waals surface area contributed by atoms with Crippen molar-refractivity contribution >= 4 is 18.7 Å². The predicted molar refractivity (Wildman–Crippen MR) is 72.7 cm³/mol. The molecule has 0 atom stereocenters. The summed E-state index contributed by atoms with van der Waals surface area (Å²) in [6.07, 6.45) is 0. The molecule has 0 heterocycles. The molecule has 0 spiro atoms. The molecule has 0 aromatic heterocycles. The Balaban J connectivity index is 2.28. The molecular weight excluding hydrogens is 213 g/mol. The molecule has 2 N–H and O–H groups in total. The molecule has 0 amide bonds. The second-order valence-corrected chi connectivity index (χ2v) is 5.81. The Morgan fingerprint density at radius 2 is 1.00 bits per heavy atom. The van der Waals surface area contributed by atoms with Crippen molar-refractivity contribution in [3.8, 4) is 0 Å². The van der Waals surface area contributed by atoms with Gasteiger partial charge in [0.05, 0.1) is 0 Å². The van der Waals surface area contributed by atoms with Crippen molar-refractivity contribution in [2.45, 2.75) is 13.8 Å². The summed E-state index contributed by atoms with van der Waals surface area (Å²) in [6, 6.07) is 17.0. The quantitative estimate of drug-likeness (QED) is 0.787. The molecule has 2 heteroatoms. The Kier molecular flexibility index (Phi) is 3.38. The molecule has 0 unspecified atom stereocenters. The zero-order chi connectivity index (χ0) is 11.5. The van der Waals surface area contributed by atoms with Gasteiger partial charge in [-0.1, -0.05) is 59.7 Å². The van der Waals surface area contributed by atoms with Crippen molar-refractivity contribution in [3.05, 3.63) is 59.7 Å². The number of nitrogens with two attached hydrogens (primary N) is 1. The highest BCUT2D eigenvalue weighted by Crippen LogP contribution is 2.23. The van der Waals surface area contributed by atoms with Crippen LogP contribution in [0.2, 0.25) is 0 Å². The lowest BCUT2D eigenvalue weighted by Crippen LogP contribution is -2.17. The Morgan fingerprint density at radius 3 is 1.31 bits per heavy atom. The summed E-state index contributed by atoms with van der Waals surface area (Å²) in [6.45, 7) is 4.18. The Labute approximate surface area is 98.1 Å². The molecule has 0 aliphatic rings. The van der Waals surface area contributed by atoms with Gasteiger partial charge >= 0.3 is 0 Å². The fourth-order valence-corrected chi connectivity index (χ4v) is 2.80. The molecule has 82 valence electrons.